The van der Waals surface area contributed by atoms with Gasteiger partial charge in [0, 0.05) is 11.5 Å². The maximum absolute atomic E-state index is 12.6. The lowest BCUT2D eigenvalue weighted by atomic mass is 10.0. The Bertz CT molecular complexity index is 557. The average Bonchev–Trinajstić information content (AvgIpc) is 3.07. The monoisotopic (exact) mass is 337 g/mol. The van der Waals surface area contributed by atoms with Crippen LogP contribution in [-0.2, 0) is 9.53 Å². The number of nitrogens with one attached hydrogen (secondary N) is 1. The minimum Gasteiger partial charge on any atom is -0.480 e. The Morgan fingerprint density at radius 1 is 1.43 bits per heavy atom. The van der Waals surface area contributed by atoms with Gasteiger partial charge in [-0.05, 0) is 38.3 Å². The van der Waals surface area contributed by atoms with Crippen LogP contribution in [0.3, 0.4) is 0 Å². The highest BCUT2D eigenvalue weighted by Crippen LogP contribution is 2.27. The Morgan fingerprint density at radius 3 is 2.78 bits per heavy atom. The van der Waals surface area contributed by atoms with E-state index in [0.717, 1.165) is 25.9 Å². The zero-order chi connectivity index (χ0) is 16.8. The molecule has 3 atom stereocenters. The van der Waals surface area contributed by atoms with Crippen molar-refractivity contribution >= 4 is 23.6 Å². The fraction of sp³-hybridized carbons (Fsp3) is 0.529. The summed E-state index contributed by atoms with van der Waals surface area (Å²) in [6, 6.07) is 7.10. The van der Waals surface area contributed by atoms with E-state index < -0.39 is 11.2 Å². The number of aliphatic carboxylic acids is 1. The van der Waals surface area contributed by atoms with E-state index in [1.54, 1.807) is 25.1 Å². The second-order valence-corrected chi connectivity index (χ2v) is 7.02. The predicted molar refractivity (Wildman–Crippen MR) is 89.9 cm³/mol. The summed E-state index contributed by atoms with van der Waals surface area (Å²) in [5.41, 5.74) is 0.516. The summed E-state index contributed by atoms with van der Waals surface area (Å²) in [5, 5.41) is 11.5. The first-order chi connectivity index (χ1) is 11.0. The molecule has 0 aliphatic carbocycles. The Kier molecular flexibility index (Phi) is 6.47. The van der Waals surface area contributed by atoms with Gasteiger partial charge in [0.15, 0.2) is 0 Å². The standard InChI is InChI=1S/C17H23NO4S/c1-3-13(14-8-6-10-22-14)18-16(19)12-7-4-5-9-15(12)23-11(2)17(20)21/h4-5,7,9,11,13-14H,3,6,8,10H2,1-2H3,(H,18,19)(H,20,21). The van der Waals surface area contributed by atoms with Crippen LogP contribution >= 0.6 is 11.8 Å². The van der Waals surface area contributed by atoms with Crippen molar-refractivity contribution in [2.45, 2.75) is 55.4 Å². The molecular formula is C17H23NO4S. The largest absolute Gasteiger partial charge is 0.480 e. The number of benzene rings is 1. The molecule has 5 nitrogen and oxygen atoms in total. The number of carbonyl (C=O) groups is 2. The number of ether oxygens (including phenoxy) is 1. The molecule has 1 fully saturated rings. The highest BCUT2D eigenvalue weighted by Gasteiger charge is 2.27. The van der Waals surface area contributed by atoms with Crippen LogP contribution < -0.4 is 5.32 Å². The van der Waals surface area contributed by atoms with Gasteiger partial charge < -0.3 is 15.2 Å². The van der Waals surface area contributed by atoms with Crippen molar-refractivity contribution in [1.82, 2.24) is 5.32 Å². The van der Waals surface area contributed by atoms with Gasteiger partial charge in [-0.25, -0.2) is 0 Å². The van der Waals surface area contributed by atoms with E-state index in [0.29, 0.717) is 10.5 Å². The number of rotatable bonds is 7. The molecule has 1 saturated heterocycles. The lowest BCUT2D eigenvalue weighted by Crippen LogP contribution is -2.42. The first-order valence-corrected chi connectivity index (χ1v) is 8.81. The zero-order valence-corrected chi connectivity index (χ0v) is 14.3. The molecule has 1 amide bonds. The molecule has 0 aromatic heterocycles. The van der Waals surface area contributed by atoms with E-state index in [9.17, 15) is 9.59 Å². The fourth-order valence-electron chi connectivity index (χ4n) is 2.62. The number of thioether (sulfide) groups is 1. The molecule has 126 valence electrons. The Hall–Kier alpha value is -1.53. The lowest BCUT2D eigenvalue weighted by Gasteiger charge is -2.23. The quantitative estimate of drug-likeness (QED) is 0.748. The van der Waals surface area contributed by atoms with Crippen molar-refractivity contribution in [3.8, 4) is 0 Å². The molecule has 2 rings (SSSR count). The Balaban J connectivity index is 2.10. The van der Waals surface area contributed by atoms with Crippen LogP contribution in [0.2, 0.25) is 0 Å². The SMILES string of the molecule is CCC(NC(=O)c1ccccc1SC(C)C(=O)O)C1CCCO1. The third-order valence-electron chi connectivity index (χ3n) is 3.95. The Labute approximate surface area is 140 Å². The molecule has 23 heavy (non-hydrogen) atoms. The molecule has 1 aliphatic rings. The van der Waals surface area contributed by atoms with Gasteiger partial charge in [0.25, 0.3) is 5.91 Å². The summed E-state index contributed by atoms with van der Waals surface area (Å²) < 4.78 is 5.67. The van der Waals surface area contributed by atoms with Gasteiger partial charge in [-0.3, -0.25) is 9.59 Å². The van der Waals surface area contributed by atoms with Crippen molar-refractivity contribution < 1.29 is 19.4 Å². The molecular weight excluding hydrogens is 314 g/mol. The van der Waals surface area contributed by atoms with Crippen LogP contribution in [0.1, 0.15) is 43.5 Å². The van der Waals surface area contributed by atoms with Crippen molar-refractivity contribution in [3.63, 3.8) is 0 Å². The van der Waals surface area contributed by atoms with Gasteiger partial charge in [0.2, 0.25) is 0 Å². The van der Waals surface area contributed by atoms with Gasteiger partial charge in [-0.2, -0.15) is 0 Å². The van der Waals surface area contributed by atoms with E-state index >= 15 is 0 Å². The third-order valence-corrected chi connectivity index (χ3v) is 5.12. The molecule has 1 aromatic carbocycles. The summed E-state index contributed by atoms with van der Waals surface area (Å²) in [5.74, 6) is -1.07. The minimum absolute atomic E-state index is 0.0139. The molecule has 6 heteroatoms. The van der Waals surface area contributed by atoms with Crippen molar-refractivity contribution in [3.05, 3.63) is 29.8 Å². The van der Waals surface area contributed by atoms with Crippen LogP contribution in [0, 0.1) is 0 Å². The maximum Gasteiger partial charge on any atom is 0.316 e. The molecule has 1 aromatic rings. The van der Waals surface area contributed by atoms with E-state index in [4.69, 9.17) is 9.84 Å². The maximum atomic E-state index is 12.6. The van der Waals surface area contributed by atoms with Crippen molar-refractivity contribution in [1.29, 1.82) is 0 Å². The van der Waals surface area contributed by atoms with Crippen LogP contribution in [0.15, 0.2) is 29.2 Å². The number of carbonyl (C=O) groups excluding carboxylic acids is 1. The van der Waals surface area contributed by atoms with Gasteiger partial charge in [-0.15, -0.1) is 11.8 Å². The lowest BCUT2D eigenvalue weighted by molar-refractivity contribution is -0.136. The predicted octanol–water partition coefficient (Wildman–Crippen LogP) is 2.94. The third kappa shape index (κ3) is 4.72. The molecule has 0 saturated carbocycles. The molecule has 1 heterocycles. The summed E-state index contributed by atoms with van der Waals surface area (Å²) in [6.07, 6.45) is 2.86. The summed E-state index contributed by atoms with van der Waals surface area (Å²) in [4.78, 5) is 24.3. The van der Waals surface area contributed by atoms with E-state index in [-0.39, 0.29) is 18.1 Å². The first kappa shape index (κ1) is 17.8. The first-order valence-electron chi connectivity index (χ1n) is 7.94. The Morgan fingerprint density at radius 2 is 2.17 bits per heavy atom. The zero-order valence-electron chi connectivity index (χ0n) is 13.5. The van der Waals surface area contributed by atoms with Gasteiger partial charge >= 0.3 is 5.97 Å². The molecule has 0 radical (unpaired) electrons. The minimum atomic E-state index is -0.893. The van der Waals surface area contributed by atoms with Crippen LogP contribution in [0.4, 0.5) is 0 Å². The molecule has 0 bridgehead atoms. The van der Waals surface area contributed by atoms with Gasteiger partial charge in [0.05, 0.1) is 17.7 Å². The number of carboxylic acid groups (broad SMARTS) is 1. The number of carboxylic acids is 1. The van der Waals surface area contributed by atoms with Crippen molar-refractivity contribution in [2.75, 3.05) is 6.61 Å². The summed E-state index contributed by atoms with van der Waals surface area (Å²) >= 11 is 1.18. The second kappa shape index (κ2) is 8.36. The average molecular weight is 337 g/mol. The smallest absolute Gasteiger partial charge is 0.316 e. The summed E-state index contributed by atoms with van der Waals surface area (Å²) in [6.45, 7) is 4.39. The summed E-state index contributed by atoms with van der Waals surface area (Å²) in [7, 11) is 0. The van der Waals surface area contributed by atoms with E-state index in [1.165, 1.54) is 11.8 Å². The molecule has 1 aliphatic heterocycles. The fourth-order valence-corrected chi connectivity index (χ4v) is 3.55. The second-order valence-electron chi connectivity index (χ2n) is 5.63. The number of hydrogen-bond acceptors (Lipinski definition) is 4. The van der Waals surface area contributed by atoms with E-state index in [1.807, 2.05) is 13.0 Å². The van der Waals surface area contributed by atoms with Crippen molar-refractivity contribution in [2.24, 2.45) is 0 Å². The van der Waals surface area contributed by atoms with Crippen LogP contribution in [0.5, 0.6) is 0 Å². The molecule has 0 spiro atoms. The van der Waals surface area contributed by atoms with Crippen LogP contribution in [0.25, 0.3) is 0 Å². The van der Waals surface area contributed by atoms with Gasteiger partial charge in [0.1, 0.15) is 5.25 Å². The topological polar surface area (TPSA) is 75.6 Å². The number of hydrogen-bond donors (Lipinski definition) is 2. The highest BCUT2D eigenvalue weighted by molar-refractivity contribution is 8.00. The van der Waals surface area contributed by atoms with E-state index in [2.05, 4.69) is 5.32 Å². The number of amides is 1. The highest BCUT2D eigenvalue weighted by atomic mass is 32.2. The molecule has 3 unspecified atom stereocenters. The van der Waals surface area contributed by atoms with Gasteiger partial charge in [-0.1, -0.05) is 19.1 Å². The normalized spacial score (nSPS) is 20.0. The molecule has 2 N–H and O–H groups in total. The van der Waals surface area contributed by atoms with Crippen LogP contribution in [-0.4, -0.2) is 41.0 Å².